The minimum absolute atomic E-state index is 0.0709. The van der Waals surface area contributed by atoms with E-state index in [9.17, 15) is 9.90 Å². The van der Waals surface area contributed by atoms with Crippen molar-refractivity contribution >= 4 is 11.9 Å². The van der Waals surface area contributed by atoms with E-state index in [1.54, 1.807) is 12.1 Å². The van der Waals surface area contributed by atoms with Crippen LogP contribution in [0.5, 0.6) is 17.2 Å². The van der Waals surface area contributed by atoms with Crippen molar-refractivity contribution in [3.05, 3.63) is 95.2 Å². The zero-order valence-electron chi connectivity index (χ0n) is 15.3. The first-order chi connectivity index (χ1) is 13.7. The highest BCUT2D eigenvalue weighted by Gasteiger charge is 2.27. The molecule has 0 fully saturated rings. The third-order valence-electron chi connectivity index (χ3n) is 4.55. The van der Waals surface area contributed by atoms with Gasteiger partial charge < -0.3 is 14.6 Å². The topological polar surface area (TPSA) is 55.8 Å². The van der Waals surface area contributed by atoms with E-state index in [1.807, 2.05) is 42.5 Å². The van der Waals surface area contributed by atoms with Gasteiger partial charge in [-0.2, -0.15) is 0 Å². The molecule has 0 unspecified atom stereocenters. The van der Waals surface area contributed by atoms with Gasteiger partial charge in [-0.15, -0.1) is 0 Å². The summed E-state index contributed by atoms with van der Waals surface area (Å²) in [5.74, 6) is 1.31. The Balaban J connectivity index is 1.34. The second-order valence-electron chi connectivity index (χ2n) is 6.63. The van der Waals surface area contributed by atoms with Crippen LogP contribution >= 0.6 is 0 Å². The minimum atomic E-state index is -0.184. The van der Waals surface area contributed by atoms with Crippen LogP contribution in [0.1, 0.15) is 27.9 Å². The van der Waals surface area contributed by atoms with Crippen molar-refractivity contribution in [2.75, 3.05) is 6.61 Å². The van der Waals surface area contributed by atoms with Crippen LogP contribution in [0.3, 0.4) is 0 Å². The maximum atomic E-state index is 12.4. The fraction of sp³-hybridized carbons (Fsp3) is 0.125. The summed E-state index contributed by atoms with van der Waals surface area (Å²) in [4.78, 5) is 12.4. The van der Waals surface area contributed by atoms with E-state index in [-0.39, 0.29) is 17.3 Å². The van der Waals surface area contributed by atoms with Gasteiger partial charge in [-0.25, -0.2) is 0 Å². The zero-order valence-corrected chi connectivity index (χ0v) is 15.3. The van der Waals surface area contributed by atoms with E-state index in [1.165, 1.54) is 17.7 Å². The number of rotatable bonds is 6. The average Bonchev–Trinajstić information content (AvgIpc) is 3.02. The molecule has 0 spiro atoms. The molecule has 0 amide bonds. The maximum Gasteiger partial charge on any atom is 0.231 e. The summed E-state index contributed by atoms with van der Waals surface area (Å²) >= 11 is 0. The number of Topliss-reactive ketones (excluding diaryl/α,β-unsaturated/α-hetero) is 1. The van der Waals surface area contributed by atoms with E-state index >= 15 is 0 Å². The van der Waals surface area contributed by atoms with Crippen LogP contribution in [0.15, 0.2) is 78.6 Å². The zero-order chi connectivity index (χ0) is 19.3. The van der Waals surface area contributed by atoms with E-state index in [2.05, 4.69) is 12.1 Å². The number of aromatic hydroxyl groups is 1. The summed E-state index contributed by atoms with van der Waals surface area (Å²) in [6.07, 6.45) is 3.63. The number of carbonyl (C=O) groups is 1. The van der Waals surface area contributed by atoms with E-state index in [0.717, 1.165) is 24.2 Å². The number of carbonyl (C=O) groups excluding carboxylic acids is 1. The van der Waals surface area contributed by atoms with Crippen LogP contribution < -0.4 is 9.47 Å². The number of phenols is 1. The maximum absolute atomic E-state index is 12.4. The predicted octanol–water partition coefficient (Wildman–Crippen LogP) is 5.02. The monoisotopic (exact) mass is 372 g/mol. The molecule has 3 aromatic carbocycles. The number of phenolic OH excluding ortho intramolecular Hbond substituents is 1. The number of hydrogen-bond acceptors (Lipinski definition) is 4. The Morgan fingerprint density at radius 3 is 2.54 bits per heavy atom. The quantitative estimate of drug-likeness (QED) is 0.488. The molecule has 1 aliphatic rings. The molecule has 0 saturated carbocycles. The first-order valence-electron chi connectivity index (χ1n) is 9.23. The second kappa shape index (κ2) is 8.01. The molecule has 4 heteroatoms. The molecule has 140 valence electrons. The van der Waals surface area contributed by atoms with Crippen molar-refractivity contribution in [2.24, 2.45) is 0 Å². The molecule has 0 saturated heterocycles. The molecule has 4 rings (SSSR count). The standard InChI is InChI=1S/C24H20O4/c25-19-10-13-21-22(16-19)28-23(24(21)26)15-18-8-11-20(12-9-18)27-14-4-7-17-5-2-1-3-6-17/h1-3,5-6,8-13,15-16,25H,4,7,14H2/b23-15-. The lowest BCUT2D eigenvalue weighted by molar-refractivity contribution is 0.101. The molecule has 1 heterocycles. The van der Waals surface area contributed by atoms with Crippen molar-refractivity contribution in [3.8, 4) is 17.2 Å². The summed E-state index contributed by atoms with van der Waals surface area (Å²) in [5.41, 5.74) is 2.61. The summed E-state index contributed by atoms with van der Waals surface area (Å²) in [7, 11) is 0. The van der Waals surface area contributed by atoms with Gasteiger partial charge in [0.15, 0.2) is 5.76 Å². The van der Waals surface area contributed by atoms with Gasteiger partial charge in [0.25, 0.3) is 0 Å². The Hall–Kier alpha value is -3.53. The normalized spacial score (nSPS) is 14.0. The largest absolute Gasteiger partial charge is 0.508 e. The minimum Gasteiger partial charge on any atom is -0.508 e. The summed E-state index contributed by atoms with van der Waals surface area (Å²) in [6, 6.07) is 22.4. The molecule has 1 aliphatic heterocycles. The smallest absolute Gasteiger partial charge is 0.231 e. The Morgan fingerprint density at radius 2 is 1.75 bits per heavy atom. The van der Waals surface area contributed by atoms with Crippen LogP contribution in [-0.4, -0.2) is 17.5 Å². The van der Waals surface area contributed by atoms with Gasteiger partial charge in [0.2, 0.25) is 5.78 Å². The van der Waals surface area contributed by atoms with Gasteiger partial charge in [-0.05, 0) is 54.3 Å². The molecule has 0 radical (unpaired) electrons. The van der Waals surface area contributed by atoms with Gasteiger partial charge in [0.05, 0.1) is 12.2 Å². The van der Waals surface area contributed by atoms with E-state index in [0.29, 0.717) is 17.9 Å². The molecule has 0 aromatic heterocycles. The van der Waals surface area contributed by atoms with Gasteiger partial charge >= 0.3 is 0 Å². The Kier molecular flexibility index (Phi) is 5.11. The molecule has 0 aliphatic carbocycles. The average molecular weight is 372 g/mol. The van der Waals surface area contributed by atoms with Crippen LogP contribution in [-0.2, 0) is 6.42 Å². The fourth-order valence-corrected chi connectivity index (χ4v) is 3.10. The van der Waals surface area contributed by atoms with Gasteiger partial charge in [-0.3, -0.25) is 4.79 Å². The highest BCUT2D eigenvalue weighted by Crippen LogP contribution is 2.34. The molecular weight excluding hydrogens is 352 g/mol. The third-order valence-corrected chi connectivity index (χ3v) is 4.55. The Labute approximate surface area is 163 Å². The summed E-state index contributed by atoms with van der Waals surface area (Å²) < 4.78 is 11.4. The van der Waals surface area contributed by atoms with Crippen molar-refractivity contribution in [3.63, 3.8) is 0 Å². The molecular formula is C24H20O4. The highest BCUT2D eigenvalue weighted by molar-refractivity contribution is 6.14. The number of fused-ring (bicyclic) bond motifs is 1. The van der Waals surface area contributed by atoms with Crippen LogP contribution in [0, 0.1) is 0 Å². The van der Waals surface area contributed by atoms with Crippen molar-refractivity contribution in [2.45, 2.75) is 12.8 Å². The number of benzene rings is 3. The van der Waals surface area contributed by atoms with Gasteiger partial charge in [-0.1, -0.05) is 42.5 Å². The van der Waals surface area contributed by atoms with Crippen LogP contribution in [0.2, 0.25) is 0 Å². The fourth-order valence-electron chi connectivity index (χ4n) is 3.10. The summed E-state index contributed by atoms with van der Waals surface area (Å²) in [6.45, 7) is 0.649. The van der Waals surface area contributed by atoms with Crippen molar-refractivity contribution < 1.29 is 19.4 Å². The second-order valence-corrected chi connectivity index (χ2v) is 6.63. The SMILES string of the molecule is O=C1/C(=C/c2ccc(OCCCc3ccccc3)cc2)Oc2cc(O)ccc21. The lowest BCUT2D eigenvalue weighted by Crippen LogP contribution is -2.00. The Bertz CT molecular complexity index is 1000. The molecule has 1 N–H and O–H groups in total. The number of aryl methyl sites for hydroxylation is 1. The molecule has 0 atom stereocenters. The number of ketones is 1. The third kappa shape index (κ3) is 4.07. The lowest BCUT2D eigenvalue weighted by Gasteiger charge is -2.07. The highest BCUT2D eigenvalue weighted by atomic mass is 16.5. The number of allylic oxidation sites excluding steroid dienone is 1. The van der Waals surface area contributed by atoms with E-state index in [4.69, 9.17) is 9.47 Å². The lowest BCUT2D eigenvalue weighted by atomic mass is 10.1. The number of hydrogen-bond donors (Lipinski definition) is 1. The Morgan fingerprint density at radius 1 is 0.964 bits per heavy atom. The molecule has 28 heavy (non-hydrogen) atoms. The first-order valence-corrected chi connectivity index (χ1v) is 9.23. The number of ether oxygens (including phenoxy) is 2. The van der Waals surface area contributed by atoms with Crippen LogP contribution in [0.25, 0.3) is 6.08 Å². The molecule has 0 bridgehead atoms. The molecule has 3 aromatic rings. The first kappa shape index (κ1) is 17.9. The van der Waals surface area contributed by atoms with Crippen molar-refractivity contribution in [1.82, 2.24) is 0 Å². The van der Waals surface area contributed by atoms with Crippen LogP contribution in [0.4, 0.5) is 0 Å². The predicted molar refractivity (Wildman–Crippen MR) is 108 cm³/mol. The van der Waals surface area contributed by atoms with Gasteiger partial charge in [0.1, 0.15) is 17.2 Å². The van der Waals surface area contributed by atoms with Crippen molar-refractivity contribution in [1.29, 1.82) is 0 Å². The molecule has 4 nitrogen and oxygen atoms in total. The summed E-state index contributed by atoms with van der Waals surface area (Å²) in [5, 5.41) is 9.52. The van der Waals surface area contributed by atoms with E-state index < -0.39 is 0 Å². The van der Waals surface area contributed by atoms with Gasteiger partial charge in [0, 0.05) is 6.07 Å².